The minimum atomic E-state index is -0.223. The molecule has 2 N–H and O–H groups in total. The Labute approximate surface area is 152 Å². The number of carbonyl (C=O) groups excluding carboxylic acids is 1. The van der Waals surface area contributed by atoms with Crippen LogP contribution in [-0.4, -0.2) is 34.0 Å². The SMILES string of the molecule is CC(C)C(NC(=O)c1cn(C2CCNCC2)nn1)c1ccccc1Cl. The number of nitrogens with one attached hydrogen (secondary N) is 2. The fourth-order valence-corrected chi connectivity index (χ4v) is 3.43. The number of benzene rings is 1. The standard InChI is InChI=1S/C18H24ClN5O/c1-12(2)17(14-5-3-4-6-15(14)19)21-18(25)16-11-24(23-22-16)13-7-9-20-10-8-13/h3-6,11-13,17,20H,7-10H2,1-2H3,(H,21,25). The van der Waals surface area contributed by atoms with Crippen LogP contribution in [0.5, 0.6) is 0 Å². The van der Waals surface area contributed by atoms with Crippen molar-refractivity contribution < 1.29 is 4.79 Å². The summed E-state index contributed by atoms with van der Waals surface area (Å²) in [6.45, 7) is 6.04. The van der Waals surface area contributed by atoms with Gasteiger partial charge in [0.25, 0.3) is 5.91 Å². The number of hydrogen-bond donors (Lipinski definition) is 2. The number of carbonyl (C=O) groups is 1. The maximum absolute atomic E-state index is 12.7. The zero-order valence-corrected chi connectivity index (χ0v) is 15.3. The molecule has 0 spiro atoms. The summed E-state index contributed by atoms with van der Waals surface area (Å²) in [6, 6.07) is 7.72. The first-order valence-corrected chi connectivity index (χ1v) is 9.12. The smallest absolute Gasteiger partial charge is 0.273 e. The van der Waals surface area contributed by atoms with Gasteiger partial charge in [0.1, 0.15) is 0 Å². The van der Waals surface area contributed by atoms with Crippen LogP contribution in [0.3, 0.4) is 0 Å². The van der Waals surface area contributed by atoms with Gasteiger partial charge in [-0.25, -0.2) is 4.68 Å². The molecule has 1 aliphatic heterocycles. The van der Waals surface area contributed by atoms with Gasteiger partial charge in [0.05, 0.1) is 18.3 Å². The second-order valence-corrected chi connectivity index (χ2v) is 7.19. The lowest BCUT2D eigenvalue weighted by molar-refractivity contribution is 0.0920. The molecule has 0 radical (unpaired) electrons. The summed E-state index contributed by atoms with van der Waals surface area (Å²) in [5.74, 6) is -0.0258. The number of aromatic nitrogens is 3. The van der Waals surface area contributed by atoms with E-state index in [-0.39, 0.29) is 17.9 Å². The van der Waals surface area contributed by atoms with E-state index in [1.807, 2.05) is 28.9 Å². The summed E-state index contributed by atoms with van der Waals surface area (Å²) in [4.78, 5) is 12.7. The highest BCUT2D eigenvalue weighted by molar-refractivity contribution is 6.31. The molecule has 1 fully saturated rings. The normalized spacial score (nSPS) is 16.8. The van der Waals surface area contributed by atoms with Crippen LogP contribution >= 0.6 is 11.6 Å². The van der Waals surface area contributed by atoms with Gasteiger partial charge in [0.15, 0.2) is 5.69 Å². The number of halogens is 1. The molecule has 1 aliphatic rings. The molecular formula is C18H24ClN5O. The Balaban J connectivity index is 1.74. The van der Waals surface area contributed by atoms with Crippen molar-refractivity contribution in [3.63, 3.8) is 0 Å². The average Bonchev–Trinajstić information content (AvgIpc) is 3.11. The Morgan fingerprint density at radius 1 is 1.32 bits per heavy atom. The van der Waals surface area contributed by atoms with Crippen LogP contribution in [-0.2, 0) is 0 Å². The second-order valence-electron chi connectivity index (χ2n) is 6.78. The predicted molar refractivity (Wildman–Crippen MR) is 97.7 cm³/mol. The number of piperidine rings is 1. The lowest BCUT2D eigenvalue weighted by Gasteiger charge is -2.23. The quantitative estimate of drug-likeness (QED) is 0.858. The molecule has 2 aromatic rings. The van der Waals surface area contributed by atoms with Crippen molar-refractivity contribution in [1.29, 1.82) is 0 Å². The Morgan fingerprint density at radius 3 is 2.72 bits per heavy atom. The molecule has 134 valence electrons. The van der Waals surface area contributed by atoms with Gasteiger partial charge in [-0.1, -0.05) is 48.9 Å². The topological polar surface area (TPSA) is 71.8 Å². The molecule has 2 heterocycles. The predicted octanol–water partition coefficient (Wildman–Crippen LogP) is 2.98. The lowest BCUT2D eigenvalue weighted by atomic mass is 9.96. The van der Waals surface area contributed by atoms with E-state index < -0.39 is 0 Å². The molecule has 1 aromatic heterocycles. The van der Waals surface area contributed by atoms with Crippen molar-refractivity contribution >= 4 is 17.5 Å². The van der Waals surface area contributed by atoms with Crippen molar-refractivity contribution in [3.05, 3.63) is 46.7 Å². The highest BCUT2D eigenvalue weighted by atomic mass is 35.5. The lowest BCUT2D eigenvalue weighted by Crippen LogP contribution is -2.32. The molecule has 0 saturated carbocycles. The van der Waals surface area contributed by atoms with E-state index in [9.17, 15) is 4.79 Å². The number of nitrogens with zero attached hydrogens (tertiary/aromatic N) is 3. The van der Waals surface area contributed by atoms with Gasteiger partial charge in [-0.2, -0.15) is 0 Å². The van der Waals surface area contributed by atoms with Crippen molar-refractivity contribution in [2.24, 2.45) is 5.92 Å². The Morgan fingerprint density at radius 2 is 2.04 bits per heavy atom. The molecular weight excluding hydrogens is 338 g/mol. The van der Waals surface area contributed by atoms with Crippen LogP contribution in [0, 0.1) is 5.92 Å². The monoisotopic (exact) mass is 361 g/mol. The average molecular weight is 362 g/mol. The van der Waals surface area contributed by atoms with Crippen LogP contribution in [0.1, 0.15) is 54.8 Å². The van der Waals surface area contributed by atoms with Crippen LogP contribution < -0.4 is 10.6 Å². The maximum Gasteiger partial charge on any atom is 0.273 e. The Kier molecular flexibility index (Phi) is 5.71. The molecule has 6 nitrogen and oxygen atoms in total. The van der Waals surface area contributed by atoms with E-state index >= 15 is 0 Å². The molecule has 7 heteroatoms. The van der Waals surface area contributed by atoms with E-state index in [0.29, 0.717) is 16.8 Å². The van der Waals surface area contributed by atoms with E-state index in [1.54, 1.807) is 6.20 Å². The minimum Gasteiger partial charge on any atom is -0.343 e. The van der Waals surface area contributed by atoms with Crippen molar-refractivity contribution in [3.8, 4) is 0 Å². The van der Waals surface area contributed by atoms with Gasteiger partial charge in [-0.05, 0) is 43.5 Å². The van der Waals surface area contributed by atoms with E-state index in [2.05, 4.69) is 34.8 Å². The highest BCUT2D eigenvalue weighted by Gasteiger charge is 2.24. The second kappa shape index (κ2) is 7.97. The number of rotatable bonds is 5. The molecule has 0 bridgehead atoms. The van der Waals surface area contributed by atoms with Gasteiger partial charge in [0, 0.05) is 5.02 Å². The summed E-state index contributed by atoms with van der Waals surface area (Å²) in [5.41, 5.74) is 1.26. The third-order valence-corrected chi connectivity index (χ3v) is 4.96. The van der Waals surface area contributed by atoms with Gasteiger partial charge >= 0.3 is 0 Å². The highest BCUT2D eigenvalue weighted by Crippen LogP contribution is 2.28. The van der Waals surface area contributed by atoms with E-state index in [1.165, 1.54) is 0 Å². The summed E-state index contributed by atoms with van der Waals surface area (Å²) in [7, 11) is 0. The van der Waals surface area contributed by atoms with Gasteiger partial charge in [-0.3, -0.25) is 4.79 Å². The first-order chi connectivity index (χ1) is 12.1. The van der Waals surface area contributed by atoms with E-state index in [0.717, 1.165) is 31.5 Å². The summed E-state index contributed by atoms with van der Waals surface area (Å²) >= 11 is 6.31. The van der Waals surface area contributed by atoms with Crippen LogP contribution in [0.2, 0.25) is 5.02 Å². The van der Waals surface area contributed by atoms with Crippen LogP contribution in [0.15, 0.2) is 30.5 Å². The fraction of sp³-hybridized carbons (Fsp3) is 0.500. The largest absolute Gasteiger partial charge is 0.343 e. The van der Waals surface area contributed by atoms with Crippen LogP contribution in [0.25, 0.3) is 0 Å². The summed E-state index contributed by atoms with van der Waals surface area (Å²) in [6.07, 6.45) is 3.74. The summed E-state index contributed by atoms with van der Waals surface area (Å²) < 4.78 is 1.82. The van der Waals surface area contributed by atoms with Crippen molar-refractivity contribution in [1.82, 2.24) is 25.6 Å². The molecule has 1 aromatic carbocycles. The first-order valence-electron chi connectivity index (χ1n) is 8.74. The third kappa shape index (κ3) is 4.19. The number of amides is 1. The molecule has 1 unspecified atom stereocenters. The van der Waals surface area contributed by atoms with Gasteiger partial charge in [-0.15, -0.1) is 5.10 Å². The van der Waals surface area contributed by atoms with Crippen molar-refractivity contribution in [2.45, 2.75) is 38.8 Å². The van der Waals surface area contributed by atoms with Crippen molar-refractivity contribution in [2.75, 3.05) is 13.1 Å². The van der Waals surface area contributed by atoms with E-state index in [4.69, 9.17) is 11.6 Å². The third-order valence-electron chi connectivity index (χ3n) is 4.62. The maximum atomic E-state index is 12.7. The minimum absolute atomic E-state index is 0.176. The number of hydrogen-bond acceptors (Lipinski definition) is 4. The molecule has 3 rings (SSSR count). The molecule has 1 atom stereocenters. The Hall–Kier alpha value is -1.92. The first kappa shape index (κ1) is 17.9. The van der Waals surface area contributed by atoms with Crippen LogP contribution in [0.4, 0.5) is 0 Å². The Bertz CT molecular complexity index is 724. The molecule has 25 heavy (non-hydrogen) atoms. The summed E-state index contributed by atoms with van der Waals surface area (Å²) in [5, 5.41) is 15.3. The van der Waals surface area contributed by atoms with Gasteiger partial charge < -0.3 is 10.6 Å². The zero-order chi connectivity index (χ0) is 17.8. The molecule has 1 amide bonds. The van der Waals surface area contributed by atoms with Gasteiger partial charge in [0.2, 0.25) is 0 Å². The zero-order valence-electron chi connectivity index (χ0n) is 14.6. The molecule has 1 saturated heterocycles. The molecule has 0 aliphatic carbocycles. The fourth-order valence-electron chi connectivity index (χ4n) is 3.18.